The van der Waals surface area contributed by atoms with Crippen molar-refractivity contribution in [3.8, 4) is 0 Å². The first-order chi connectivity index (χ1) is 23.0. The number of benzene rings is 1. The van der Waals surface area contributed by atoms with Gasteiger partial charge >= 0.3 is 24.1 Å². The first kappa shape index (κ1) is 35.6. The second-order valence-corrected chi connectivity index (χ2v) is 15.5. The molecular weight excluding hydrogens is 641 g/mol. The first-order valence-corrected chi connectivity index (χ1v) is 17.4. The zero-order valence-electron chi connectivity index (χ0n) is 28.8. The van der Waals surface area contributed by atoms with Crippen LogP contribution in [-0.2, 0) is 33.6 Å². The molecule has 3 saturated carbocycles. The molecule has 1 saturated heterocycles. The molecule has 0 amide bonds. The van der Waals surface area contributed by atoms with E-state index >= 15 is 0 Å². The number of allylic oxidation sites excluding steroid dienone is 1. The molecule has 49 heavy (non-hydrogen) atoms. The molecule has 11 atom stereocenters. The van der Waals surface area contributed by atoms with Crippen molar-refractivity contribution in [2.75, 3.05) is 0 Å². The van der Waals surface area contributed by atoms with Crippen molar-refractivity contribution in [3.05, 3.63) is 60.2 Å². The van der Waals surface area contributed by atoms with Gasteiger partial charge in [-0.1, -0.05) is 37.6 Å². The molecule has 5 aliphatic rings. The average molecular weight is 689 g/mol. The van der Waals surface area contributed by atoms with Crippen LogP contribution >= 0.6 is 0 Å². The fourth-order valence-corrected chi connectivity index (χ4v) is 10.4. The van der Waals surface area contributed by atoms with Crippen molar-refractivity contribution < 1.29 is 51.5 Å². The van der Waals surface area contributed by atoms with E-state index in [0.717, 1.165) is 37.7 Å². The van der Waals surface area contributed by atoms with Crippen LogP contribution in [0.2, 0.25) is 0 Å². The smallest absolute Gasteiger partial charge is 0.463 e. The Hall–Kier alpha value is -3.18. The van der Waals surface area contributed by atoms with Crippen LogP contribution in [0.5, 0.6) is 0 Å². The summed E-state index contributed by atoms with van der Waals surface area (Å²) in [6.07, 6.45) is 1.33. The third-order valence-electron chi connectivity index (χ3n) is 13.0. The number of alkyl halides is 3. The molecule has 0 radical (unpaired) electrons. The lowest BCUT2D eigenvalue weighted by molar-refractivity contribution is -0.364. The lowest BCUT2D eigenvalue weighted by atomic mass is 9.41. The van der Waals surface area contributed by atoms with Crippen molar-refractivity contribution in [1.29, 1.82) is 0 Å². The van der Waals surface area contributed by atoms with Gasteiger partial charge in [-0.15, -0.1) is 6.58 Å². The number of esters is 3. The molecule has 1 aromatic rings. The topological polar surface area (TPSA) is 97.4 Å². The molecule has 4 fully saturated rings. The summed E-state index contributed by atoms with van der Waals surface area (Å²) >= 11 is 0. The monoisotopic (exact) mass is 688 g/mol. The molecule has 1 heterocycles. The summed E-state index contributed by atoms with van der Waals surface area (Å²) in [5.74, 6) is -3.67. The van der Waals surface area contributed by atoms with Crippen molar-refractivity contribution in [3.63, 3.8) is 0 Å². The van der Waals surface area contributed by atoms with Crippen LogP contribution in [0.3, 0.4) is 0 Å². The maximum atomic E-state index is 13.8. The van der Waals surface area contributed by atoms with Gasteiger partial charge in [0.15, 0.2) is 0 Å². The van der Waals surface area contributed by atoms with Gasteiger partial charge < -0.3 is 14.2 Å². The molecule has 0 N–H and O–H groups in total. The number of hydrogen-bond acceptors (Lipinski definition) is 8. The van der Waals surface area contributed by atoms with E-state index in [4.69, 9.17) is 24.0 Å². The Morgan fingerprint density at radius 1 is 0.980 bits per heavy atom. The number of fused-ring (bicyclic) bond motifs is 3. The van der Waals surface area contributed by atoms with Gasteiger partial charge in [0.05, 0.1) is 11.0 Å². The van der Waals surface area contributed by atoms with E-state index in [1.165, 1.54) is 6.92 Å². The molecule has 2 bridgehead atoms. The fourth-order valence-electron chi connectivity index (χ4n) is 10.4. The van der Waals surface area contributed by atoms with Crippen LogP contribution in [0, 0.1) is 34.5 Å². The third-order valence-corrected chi connectivity index (χ3v) is 13.0. The normalized spacial score (nSPS) is 38.7. The molecule has 0 spiro atoms. The van der Waals surface area contributed by atoms with E-state index in [0.29, 0.717) is 18.4 Å². The van der Waals surface area contributed by atoms with Crippen LogP contribution in [0.25, 0.3) is 0 Å². The molecule has 8 nitrogen and oxygen atoms in total. The van der Waals surface area contributed by atoms with Gasteiger partial charge in [0, 0.05) is 12.8 Å². The Balaban J connectivity index is 1.40. The van der Waals surface area contributed by atoms with E-state index in [-0.39, 0.29) is 41.7 Å². The van der Waals surface area contributed by atoms with Gasteiger partial charge in [0.2, 0.25) is 0 Å². The van der Waals surface area contributed by atoms with Crippen molar-refractivity contribution >= 4 is 17.9 Å². The predicted molar refractivity (Wildman–Crippen MR) is 172 cm³/mol. The lowest BCUT2D eigenvalue weighted by Crippen LogP contribution is -2.69. The SMILES string of the molecule is C=C(C)CC[C@@H](OC(=O)C(F)(F)F)[C@@H](C)[C@]12C=C[C@@]3(OO1)[C@@H]1CC[C@H]4C[C@@H](OC(C)=O)CC[C@]4(C)[C@H]1C[C@@H](OC(=O)c1ccccc1)[C@]23C. The summed E-state index contributed by atoms with van der Waals surface area (Å²) in [5.41, 5.74) is -2.63. The van der Waals surface area contributed by atoms with Crippen molar-refractivity contribution in [2.45, 2.75) is 122 Å². The van der Waals surface area contributed by atoms with Gasteiger partial charge in [-0.05, 0) is 113 Å². The molecule has 0 unspecified atom stereocenters. The highest BCUT2D eigenvalue weighted by Crippen LogP contribution is 2.74. The second-order valence-electron chi connectivity index (χ2n) is 15.5. The number of rotatable bonds is 9. The standard InChI is InChI=1S/C38H47F3O8/c1-22(2)12-15-30(46-33(44)38(39,40)41)23(3)36-18-19-37(49-48-36)28-14-13-26-20-27(45-24(4)42)16-17-34(26,5)29(28)21-31(35(36,37)6)47-32(43)25-10-8-7-9-11-25/h7-11,18-19,23,26-31H,1,12-17,20-21H2,2-6H3/t23-,26+,27+,28-,29+,30-,31-,34+,35-,36+,37-/m1/s1. The summed E-state index contributed by atoms with van der Waals surface area (Å²) in [6.45, 7) is 13.0. The van der Waals surface area contributed by atoms with E-state index in [1.807, 2.05) is 19.1 Å². The number of ether oxygens (including phenoxy) is 3. The molecule has 0 aromatic heterocycles. The third kappa shape index (κ3) is 5.63. The minimum absolute atomic E-state index is 0.0332. The van der Waals surface area contributed by atoms with Gasteiger partial charge in [-0.2, -0.15) is 13.2 Å². The largest absolute Gasteiger partial charge is 0.490 e. The van der Waals surface area contributed by atoms with Gasteiger partial charge in [-0.25, -0.2) is 19.4 Å². The minimum Gasteiger partial charge on any atom is -0.463 e. The Kier molecular flexibility index (Phi) is 9.13. The Morgan fingerprint density at radius 2 is 1.69 bits per heavy atom. The molecule has 4 aliphatic carbocycles. The lowest BCUT2D eigenvalue weighted by Gasteiger charge is -2.63. The van der Waals surface area contributed by atoms with Crippen molar-refractivity contribution in [1.82, 2.24) is 0 Å². The van der Waals surface area contributed by atoms with Crippen LogP contribution < -0.4 is 0 Å². The Bertz CT molecular complexity index is 1510. The highest BCUT2D eigenvalue weighted by atomic mass is 19.4. The molecule has 1 aliphatic heterocycles. The zero-order valence-corrected chi connectivity index (χ0v) is 28.8. The average Bonchev–Trinajstić information content (AvgIpc) is 3.47. The number of carbonyl (C=O) groups excluding carboxylic acids is 3. The summed E-state index contributed by atoms with van der Waals surface area (Å²) in [4.78, 5) is 50.7. The molecule has 1 aromatic carbocycles. The first-order valence-electron chi connectivity index (χ1n) is 17.4. The number of halogens is 3. The van der Waals surface area contributed by atoms with Crippen molar-refractivity contribution in [2.24, 2.45) is 34.5 Å². The molecule has 11 heteroatoms. The quantitative estimate of drug-likeness (QED) is 0.112. The van der Waals surface area contributed by atoms with Gasteiger partial charge in [0.25, 0.3) is 0 Å². The van der Waals surface area contributed by atoms with Gasteiger partial charge in [0.1, 0.15) is 29.5 Å². The van der Waals surface area contributed by atoms with E-state index < -0.39 is 52.9 Å². The molecule has 6 rings (SSSR count). The Morgan fingerprint density at radius 3 is 2.31 bits per heavy atom. The maximum Gasteiger partial charge on any atom is 0.490 e. The van der Waals surface area contributed by atoms with Crippen LogP contribution in [0.4, 0.5) is 13.2 Å². The highest BCUT2D eigenvalue weighted by molar-refractivity contribution is 5.89. The van der Waals surface area contributed by atoms with E-state index in [2.05, 4.69) is 13.5 Å². The van der Waals surface area contributed by atoms with Crippen LogP contribution in [-0.4, -0.2) is 53.6 Å². The molecule has 268 valence electrons. The summed E-state index contributed by atoms with van der Waals surface area (Å²) in [6, 6.07) is 8.67. The summed E-state index contributed by atoms with van der Waals surface area (Å²) in [7, 11) is 0. The maximum absolute atomic E-state index is 13.8. The zero-order chi connectivity index (χ0) is 35.6. The second kappa shape index (κ2) is 12.5. The van der Waals surface area contributed by atoms with Crippen LogP contribution in [0.15, 0.2) is 54.6 Å². The minimum atomic E-state index is -5.18. The summed E-state index contributed by atoms with van der Waals surface area (Å²) < 4.78 is 58.0. The molecular formula is C38H47F3O8. The number of carbonyl (C=O) groups is 3. The van der Waals surface area contributed by atoms with Crippen LogP contribution in [0.1, 0.15) is 96.3 Å². The van der Waals surface area contributed by atoms with Gasteiger partial charge in [-0.3, -0.25) is 4.79 Å². The highest BCUT2D eigenvalue weighted by Gasteiger charge is 2.82. The van der Waals surface area contributed by atoms with E-state index in [9.17, 15) is 27.6 Å². The predicted octanol–water partition coefficient (Wildman–Crippen LogP) is 7.86. The van der Waals surface area contributed by atoms with E-state index in [1.54, 1.807) is 44.2 Å². The summed E-state index contributed by atoms with van der Waals surface area (Å²) in [5, 5.41) is 0. The number of hydrogen-bond donors (Lipinski definition) is 0. The fraction of sp³-hybridized carbons (Fsp3) is 0.658. The Labute approximate surface area is 285 Å².